The molecule has 1 aliphatic heterocycles. The Morgan fingerprint density at radius 3 is 2.86 bits per heavy atom. The molecular formula is C15H18N4O2. The second-order valence-electron chi connectivity index (χ2n) is 5.60. The van der Waals surface area contributed by atoms with Crippen molar-refractivity contribution in [1.29, 1.82) is 0 Å². The van der Waals surface area contributed by atoms with Gasteiger partial charge in [0.25, 0.3) is 0 Å². The maximum Gasteiger partial charge on any atom is 0.313 e. The number of nitrogens with one attached hydrogen (secondary N) is 2. The van der Waals surface area contributed by atoms with Gasteiger partial charge in [0, 0.05) is 24.2 Å². The molecule has 0 radical (unpaired) electrons. The average Bonchev–Trinajstić information content (AvgIpc) is 2.95. The van der Waals surface area contributed by atoms with Gasteiger partial charge in [-0.1, -0.05) is 6.92 Å². The topological polar surface area (TPSA) is 78.1 Å². The molecule has 1 aromatic heterocycles. The maximum atomic E-state index is 12.1. The van der Waals surface area contributed by atoms with Gasteiger partial charge in [-0.15, -0.1) is 0 Å². The van der Waals surface area contributed by atoms with Crippen LogP contribution in [0.3, 0.4) is 0 Å². The number of hydrogen-bond donors (Lipinski definition) is 2. The number of hydrogen-bond acceptors (Lipinski definition) is 3. The highest BCUT2D eigenvalue weighted by Gasteiger charge is 2.25. The summed E-state index contributed by atoms with van der Waals surface area (Å²) in [6.45, 7) is 3.49. The van der Waals surface area contributed by atoms with E-state index in [-0.39, 0.29) is 0 Å². The lowest BCUT2D eigenvalue weighted by atomic mass is 9.99. The molecule has 3 rings (SSSR count). The van der Waals surface area contributed by atoms with E-state index in [1.165, 1.54) is 0 Å². The molecule has 2 N–H and O–H groups in total. The molecular weight excluding hydrogens is 268 g/mol. The lowest BCUT2D eigenvalue weighted by Crippen LogP contribution is -2.43. The second kappa shape index (κ2) is 5.55. The molecule has 1 fully saturated rings. The summed E-state index contributed by atoms with van der Waals surface area (Å²) in [6.07, 6.45) is 3.62. The van der Waals surface area contributed by atoms with E-state index in [0.717, 1.165) is 23.7 Å². The summed E-state index contributed by atoms with van der Waals surface area (Å²) in [7, 11) is 0. The first-order valence-corrected chi connectivity index (χ1v) is 7.17. The van der Waals surface area contributed by atoms with Gasteiger partial charge in [0.1, 0.15) is 0 Å². The van der Waals surface area contributed by atoms with E-state index < -0.39 is 11.8 Å². The Morgan fingerprint density at radius 1 is 1.33 bits per heavy atom. The van der Waals surface area contributed by atoms with E-state index >= 15 is 0 Å². The van der Waals surface area contributed by atoms with Crippen molar-refractivity contribution < 1.29 is 9.59 Å². The Hall–Kier alpha value is -2.37. The van der Waals surface area contributed by atoms with Crippen molar-refractivity contribution in [3.63, 3.8) is 0 Å². The lowest BCUT2D eigenvalue weighted by molar-refractivity contribution is -0.144. The smallest absolute Gasteiger partial charge is 0.313 e. The first-order valence-electron chi connectivity index (χ1n) is 7.17. The molecule has 0 unspecified atom stereocenters. The Kier molecular flexibility index (Phi) is 3.60. The molecule has 2 heterocycles. The van der Waals surface area contributed by atoms with Crippen LogP contribution < -0.4 is 5.32 Å². The fourth-order valence-corrected chi connectivity index (χ4v) is 2.55. The van der Waals surface area contributed by atoms with Gasteiger partial charge in [0.05, 0.1) is 11.7 Å². The number of nitrogens with zero attached hydrogens (tertiary/aromatic N) is 2. The van der Waals surface area contributed by atoms with E-state index in [4.69, 9.17) is 0 Å². The van der Waals surface area contributed by atoms with E-state index in [9.17, 15) is 9.59 Å². The molecule has 6 heteroatoms. The number of likely N-dealkylation sites (tertiary alicyclic amines) is 1. The third-order valence-electron chi connectivity index (χ3n) is 3.96. The third-order valence-corrected chi connectivity index (χ3v) is 3.96. The molecule has 21 heavy (non-hydrogen) atoms. The van der Waals surface area contributed by atoms with Gasteiger partial charge in [0.2, 0.25) is 0 Å². The van der Waals surface area contributed by atoms with Gasteiger partial charge in [-0.2, -0.15) is 5.10 Å². The highest BCUT2D eigenvalue weighted by Crippen LogP contribution is 2.18. The predicted molar refractivity (Wildman–Crippen MR) is 79.7 cm³/mol. The molecule has 0 saturated carbocycles. The highest BCUT2D eigenvalue weighted by molar-refractivity contribution is 6.39. The van der Waals surface area contributed by atoms with Crippen molar-refractivity contribution in [1.82, 2.24) is 15.1 Å². The number of amides is 2. The van der Waals surface area contributed by atoms with E-state index in [2.05, 4.69) is 22.4 Å². The Labute approximate surface area is 122 Å². The number of fused-ring (bicyclic) bond motifs is 1. The van der Waals surface area contributed by atoms with Gasteiger partial charge >= 0.3 is 11.8 Å². The number of aromatic nitrogens is 2. The fourth-order valence-electron chi connectivity index (χ4n) is 2.55. The number of aromatic amines is 1. The number of carbonyl (C=O) groups is 2. The average molecular weight is 286 g/mol. The Morgan fingerprint density at radius 2 is 2.10 bits per heavy atom. The summed E-state index contributed by atoms with van der Waals surface area (Å²) < 4.78 is 0. The van der Waals surface area contributed by atoms with Crippen LogP contribution in [0.2, 0.25) is 0 Å². The highest BCUT2D eigenvalue weighted by atomic mass is 16.2. The van der Waals surface area contributed by atoms with Crippen LogP contribution in [0.25, 0.3) is 10.9 Å². The predicted octanol–water partition coefficient (Wildman–Crippen LogP) is 1.76. The zero-order valence-corrected chi connectivity index (χ0v) is 11.9. The molecule has 0 aliphatic carbocycles. The van der Waals surface area contributed by atoms with Crippen molar-refractivity contribution >= 4 is 28.4 Å². The summed E-state index contributed by atoms with van der Waals surface area (Å²) in [5.41, 5.74) is 1.42. The minimum atomic E-state index is -0.580. The summed E-state index contributed by atoms with van der Waals surface area (Å²) in [4.78, 5) is 25.8. The largest absolute Gasteiger partial charge is 0.334 e. The number of piperidine rings is 1. The third kappa shape index (κ3) is 2.89. The van der Waals surface area contributed by atoms with Gasteiger partial charge in [-0.3, -0.25) is 14.7 Å². The summed E-state index contributed by atoms with van der Waals surface area (Å²) in [5, 5.41) is 10.4. The second-order valence-corrected chi connectivity index (χ2v) is 5.60. The summed E-state index contributed by atoms with van der Waals surface area (Å²) >= 11 is 0. The van der Waals surface area contributed by atoms with Gasteiger partial charge in [-0.25, -0.2) is 0 Å². The quantitative estimate of drug-likeness (QED) is 0.784. The zero-order chi connectivity index (χ0) is 14.8. The van der Waals surface area contributed by atoms with Gasteiger partial charge < -0.3 is 10.2 Å². The normalized spacial score (nSPS) is 16.1. The summed E-state index contributed by atoms with van der Waals surface area (Å²) in [5.74, 6) is -0.407. The lowest BCUT2D eigenvalue weighted by Gasteiger charge is -2.29. The zero-order valence-electron chi connectivity index (χ0n) is 11.9. The fraction of sp³-hybridized carbons (Fsp3) is 0.400. The minimum Gasteiger partial charge on any atom is -0.334 e. The van der Waals surface area contributed by atoms with Crippen molar-refractivity contribution in [2.45, 2.75) is 19.8 Å². The molecule has 0 bridgehead atoms. The molecule has 2 aromatic rings. The monoisotopic (exact) mass is 286 g/mol. The molecule has 6 nitrogen and oxygen atoms in total. The molecule has 110 valence electrons. The first kappa shape index (κ1) is 13.6. The van der Waals surface area contributed by atoms with E-state index in [0.29, 0.717) is 24.7 Å². The SMILES string of the molecule is CC1CCN(C(=O)C(=O)Nc2ccc3cn[nH]c3c2)CC1. The number of H-pyrrole nitrogens is 1. The van der Waals surface area contributed by atoms with Crippen LogP contribution in [0, 0.1) is 5.92 Å². The Balaban J connectivity index is 1.66. The number of rotatable bonds is 1. The van der Waals surface area contributed by atoms with E-state index in [1.807, 2.05) is 6.07 Å². The Bertz CT molecular complexity index is 671. The standard InChI is InChI=1S/C15H18N4O2/c1-10-4-6-19(7-5-10)15(21)14(20)17-12-3-2-11-9-16-18-13(11)8-12/h2-3,8-10H,4-7H2,1H3,(H,16,18)(H,17,20). The van der Waals surface area contributed by atoms with Crippen LogP contribution in [-0.2, 0) is 9.59 Å². The van der Waals surface area contributed by atoms with Crippen LogP contribution in [-0.4, -0.2) is 40.0 Å². The molecule has 1 aliphatic rings. The number of benzene rings is 1. The van der Waals surface area contributed by atoms with Crippen molar-refractivity contribution in [3.8, 4) is 0 Å². The maximum absolute atomic E-state index is 12.1. The van der Waals surface area contributed by atoms with Crippen molar-refractivity contribution in [3.05, 3.63) is 24.4 Å². The van der Waals surface area contributed by atoms with Gasteiger partial charge in [0.15, 0.2) is 0 Å². The molecule has 0 atom stereocenters. The first-order chi connectivity index (χ1) is 10.1. The summed E-state index contributed by atoms with van der Waals surface area (Å²) in [6, 6.07) is 5.38. The number of carbonyl (C=O) groups excluding carboxylic acids is 2. The molecule has 0 spiro atoms. The van der Waals surface area contributed by atoms with E-state index in [1.54, 1.807) is 23.2 Å². The van der Waals surface area contributed by atoms with Crippen molar-refractivity contribution in [2.75, 3.05) is 18.4 Å². The molecule has 1 saturated heterocycles. The van der Waals surface area contributed by atoms with Crippen molar-refractivity contribution in [2.24, 2.45) is 5.92 Å². The van der Waals surface area contributed by atoms with Crippen LogP contribution >= 0.6 is 0 Å². The van der Waals surface area contributed by atoms with Crippen LogP contribution in [0.1, 0.15) is 19.8 Å². The minimum absolute atomic E-state index is 0.452. The van der Waals surface area contributed by atoms with Crippen LogP contribution in [0.15, 0.2) is 24.4 Å². The van der Waals surface area contributed by atoms with Crippen LogP contribution in [0.5, 0.6) is 0 Å². The van der Waals surface area contributed by atoms with Gasteiger partial charge in [-0.05, 0) is 37.0 Å². The molecule has 1 aromatic carbocycles. The number of anilines is 1. The molecule has 2 amide bonds. The van der Waals surface area contributed by atoms with Crippen LogP contribution in [0.4, 0.5) is 5.69 Å².